The second-order valence-electron chi connectivity index (χ2n) is 3.71. The smallest absolute Gasteiger partial charge is 0.389 e. The number of hydrogen-bond donors (Lipinski definition) is 1. The molecule has 6 heteroatoms. The lowest BCUT2D eigenvalue weighted by Crippen LogP contribution is -2.10. The number of rotatable bonds is 4. The monoisotopic (exact) mass is 267 g/mol. The van der Waals surface area contributed by atoms with Gasteiger partial charge in [0, 0.05) is 12.5 Å². The van der Waals surface area contributed by atoms with Crippen molar-refractivity contribution in [1.82, 2.24) is 0 Å². The standard InChI is InChI=1S/C11H13ClF3NO/c1-7-5-9(16)8(12)6-10(7)17-4-2-3-11(13,14)15/h5-6H,2-4,16H2,1H3. The van der Waals surface area contributed by atoms with Crippen LogP contribution in [0.2, 0.25) is 5.02 Å². The first-order valence-corrected chi connectivity index (χ1v) is 5.42. The number of nitrogen functional groups attached to an aromatic ring is 1. The van der Waals surface area contributed by atoms with Gasteiger partial charge in [0.05, 0.1) is 17.3 Å². The molecule has 96 valence electrons. The third kappa shape index (κ3) is 4.73. The molecule has 2 N–H and O–H groups in total. The van der Waals surface area contributed by atoms with E-state index < -0.39 is 12.6 Å². The van der Waals surface area contributed by atoms with E-state index in [-0.39, 0.29) is 13.0 Å². The van der Waals surface area contributed by atoms with E-state index >= 15 is 0 Å². The van der Waals surface area contributed by atoms with Gasteiger partial charge in [0.1, 0.15) is 5.75 Å². The molecule has 0 radical (unpaired) electrons. The second-order valence-corrected chi connectivity index (χ2v) is 4.11. The van der Waals surface area contributed by atoms with Crippen molar-refractivity contribution in [2.75, 3.05) is 12.3 Å². The third-order valence-electron chi connectivity index (χ3n) is 2.16. The van der Waals surface area contributed by atoms with Crippen LogP contribution in [0.5, 0.6) is 5.75 Å². The minimum absolute atomic E-state index is 0.000592. The van der Waals surface area contributed by atoms with Crippen LogP contribution in [-0.4, -0.2) is 12.8 Å². The number of anilines is 1. The van der Waals surface area contributed by atoms with Crippen LogP contribution in [0, 0.1) is 6.92 Å². The lowest BCUT2D eigenvalue weighted by atomic mass is 10.2. The molecule has 0 unspecified atom stereocenters. The van der Waals surface area contributed by atoms with Crippen LogP contribution >= 0.6 is 11.6 Å². The van der Waals surface area contributed by atoms with Gasteiger partial charge in [0.15, 0.2) is 0 Å². The third-order valence-corrected chi connectivity index (χ3v) is 2.48. The Labute approximate surface area is 103 Å². The zero-order valence-electron chi connectivity index (χ0n) is 9.27. The van der Waals surface area contributed by atoms with E-state index in [9.17, 15) is 13.2 Å². The van der Waals surface area contributed by atoms with Gasteiger partial charge in [0.2, 0.25) is 0 Å². The van der Waals surface area contributed by atoms with Crippen molar-refractivity contribution in [3.05, 3.63) is 22.7 Å². The maximum atomic E-state index is 11.9. The number of alkyl halides is 3. The molecular weight excluding hydrogens is 255 g/mol. The first kappa shape index (κ1) is 14.0. The van der Waals surface area contributed by atoms with E-state index in [1.165, 1.54) is 6.07 Å². The minimum atomic E-state index is -4.14. The van der Waals surface area contributed by atoms with Crippen LogP contribution in [0.25, 0.3) is 0 Å². The van der Waals surface area contributed by atoms with Gasteiger partial charge in [-0.05, 0) is 25.0 Å². The lowest BCUT2D eigenvalue weighted by Gasteiger charge is -2.11. The summed E-state index contributed by atoms with van der Waals surface area (Å²) >= 11 is 5.79. The summed E-state index contributed by atoms with van der Waals surface area (Å²) in [4.78, 5) is 0. The highest BCUT2D eigenvalue weighted by Crippen LogP contribution is 2.29. The van der Waals surface area contributed by atoms with Crippen LogP contribution in [0.4, 0.5) is 18.9 Å². The molecule has 0 heterocycles. The lowest BCUT2D eigenvalue weighted by molar-refractivity contribution is -0.136. The molecule has 17 heavy (non-hydrogen) atoms. The Morgan fingerprint density at radius 3 is 2.59 bits per heavy atom. The predicted molar refractivity (Wildman–Crippen MR) is 61.4 cm³/mol. The number of benzene rings is 1. The fourth-order valence-corrected chi connectivity index (χ4v) is 1.45. The molecule has 0 bridgehead atoms. The molecule has 0 amide bonds. The molecule has 0 saturated heterocycles. The fraction of sp³-hybridized carbons (Fsp3) is 0.455. The van der Waals surface area contributed by atoms with Gasteiger partial charge in [-0.3, -0.25) is 0 Å². The SMILES string of the molecule is Cc1cc(N)c(Cl)cc1OCCCC(F)(F)F. The summed E-state index contributed by atoms with van der Waals surface area (Å²) in [5.41, 5.74) is 6.74. The van der Waals surface area contributed by atoms with Crippen molar-refractivity contribution in [3.63, 3.8) is 0 Å². The van der Waals surface area contributed by atoms with Gasteiger partial charge < -0.3 is 10.5 Å². The van der Waals surface area contributed by atoms with E-state index in [2.05, 4.69) is 0 Å². The van der Waals surface area contributed by atoms with E-state index in [4.69, 9.17) is 22.1 Å². The maximum absolute atomic E-state index is 11.9. The van der Waals surface area contributed by atoms with E-state index in [0.717, 1.165) is 5.56 Å². The molecule has 0 spiro atoms. The van der Waals surface area contributed by atoms with Crippen molar-refractivity contribution < 1.29 is 17.9 Å². The Hall–Kier alpha value is -1.10. The second kappa shape index (κ2) is 5.49. The molecule has 0 saturated carbocycles. The first-order chi connectivity index (χ1) is 7.79. The highest BCUT2D eigenvalue weighted by atomic mass is 35.5. The van der Waals surface area contributed by atoms with Gasteiger partial charge >= 0.3 is 6.18 Å². The van der Waals surface area contributed by atoms with Gasteiger partial charge in [0.25, 0.3) is 0 Å². The normalized spacial score (nSPS) is 11.6. The van der Waals surface area contributed by atoms with Crippen LogP contribution in [0.1, 0.15) is 18.4 Å². The Kier molecular flexibility index (Phi) is 4.51. The summed E-state index contributed by atoms with van der Waals surface area (Å²) in [5, 5.41) is 0.335. The molecule has 0 aliphatic heterocycles. The Morgan fingerprint density at radius 1 is 1.35 bits per heavy atom. The Bertz CT molecular complexity index is 393. The number of hydrogen-bond acceptors (Lipinski definition) is 2. The largest absolute Gasteiger partial charge is 0.493 e. The first-order valence-electron chi connectivity index (χ1n) is 5.05. The van der Waals surface area contributed by atoms with Crippen LogP contribution in [0.3, 0.4) is 0 Å². The molecule has 1 aromatic carbocycles. The van der Waals surface area contributed by atoms with Crippen molar-refractivity contribution in [3.8, 4) is 5.75 Å². The minimum Gasteiger partial charge on any atom is -0.493 e. The molecular formula is C11H13ClF3NO. The highest BCUT2D eigenvalue weighted by molar-refractivity contribution is 6.33. The van der Waals surface area contributed by atoms with Gasteiger partial charge in [-0.1, -0.05) is 11.6 Å². The van der Waals surface area contributed by atoms with Crippen molar-refractivity contribution in [2.24, 2.45) is 0 Å². The molecule has 0 fully saturated rings. The van der Waals surface area contributed by atoms with Crippen LogP contribution < -0.4 is 10.5 Å². The van der Waals surface area contributed by atoms with E-state index in [1.807, 2.05) is 0 Å². The fourth-order valence-electron chi connectivity index (χ4n) is 1.30. The number of ether oxygens (including phenoxy) is 1. The number of aryl methyl sites for hydroxylation is 1. The van der Waals surface area contributed by atoms with Gasteiger partial charge in [-0.15, -0.1) is 0 Å². The Morgan fingerprint density at radius 2 is 2.00 bits per heavy atom. The quantitative estimate of drug-likeness (QED) is 0.662. The predicted octanol–water partition coefficient (Wildman–Crippen LogP) is 3.95. The van der Waals surface area contributed by atoms with Crippen molar-refractivity contribution in [1.29, 1.82) is 0 Å². The Balaban J connectivity index is 2.50. The topological polar surface area (TPSA) is 35.2 Å². The molecule has 1 aromatic rings. The van der Waals surface area contributed by atoms with Crippen LogP contribution in [0.15, 0.2) is 12.1 Å². The average Bonchev–Trinajstić information content (AvgIpc) is 2.18. The van der Waals surface area contributed by atoms with E-state index in [1.54, 1.807) is 13.0 Å². The summed E-state index contributed by atoms with van der Waals surface area (Å²) in [6.45, 7) is 1.76. The zero-order chi connectivity index (χ0) is 13.1. The summed E-state index contributed by atoms with van der Waals surface area (Å²) in [7, 11) is 0. The summed E-state index contributed by atoms with van der Waals surface area (Å²) in [5.74, 6) is 0.464. The number of nitrogens with two attached hydrogens (primary N) is 1. The average molecular weight is 268 g/mol. The summed E-state index contributed by atoms with van der Waals surface area (Å²) < 4.78 is 40.9. The number of halogens is 4. The van der Waals surface area contributed by atoms with Gasteiger partial charge in [-0.2, -0.15) is 13.2 Å². The maximum Gasteiger partial charge on any atom is 0.389 e. The highest BCUT2D eigenvalue weighted by Gasteiger charge is 2.26. The molecule has 1 rings (SSSR count). The molecule has 2 nitrogen and oxygen atoms in total. The van der Waals surface area contributed by atoms with Crippen LogP contribution in [-0.2, 0) is 0 Å². The molecule has 0 aliphatic carbocycles. The molecule has 0 aliphatic rings. The molecule has 0 atom stereocenters. The summed E-state index contributed by atoms with van der Waals surface area (Å²) in [6, 6.07) is 3.14. The van der Waals surface area contributed by atoms with Gasteiger partial charge in [-0.25, -0.2) is 0 Å². The van der Waals surface area contributed by atoms with Crippen molar-refractivity contribution in [2.45, 2.75) is 25.9 Å². The summed E-state index contributed by atoms with van der Waals surface area (Å²) in [6.07, 6.45) is -5.07. The van der Waals surface area contributed by atoms with Crippen molar-refractivity contribution >= 4 is 17.3 Å². The zero-order valence-corrected chi connectivity index (χ0v) is 10.0. The molecule has 0 aromatic heterocycles. The van der Waals surface area contributed by atoms with E-state index in [0.29, 0.717) is 16.5 Å².